The van der Waals surface area contributed by atoms with E-state index in [0.717, 1.165) is 26.0 Å². The van der Waals surface area contributed by atoms with Crippen LogP contribution < -0.4 is 10.6 Å². The summed E-state index contributed by atoms with van der Waals surface area (Å²) in [4.78, 5) is 11.7. The molecular formula is C14H26N2O3. The third-order valence-corrected chi connectivity index (χ3v) is 4.01. The number of hydrogen-bond donors (Lipinski definition) is 2. The quantitative estimate of drug-likeness (QED) is 0.745. The monoisotopic (exact) mass is 270 g/mol. The predicted octanol–water partition coefficient (Wildman–Crippen LogP) is 0.686. The van der Waals surface area contributed by atoms with E-state index in [1.54, 1.807) is 0 Å². The van der Waals surface area contributed by atoms with Crippen LogP contribution in [0.15, 0.2) is 0 Å². The zero-order valence-electron chi connectivity index (χ0n) is 11.8. The topological polar surface area (TPSA) is 59.6 Å². The Morgan fingerprint density at radius 2 is 2.32 bits per heavy atom. The van der Waals surface area contributed by atoms with Gasteiger partial charge in [0.1, 0.15) is 6.61 Å². The number of carbonyl (C=O) groups excluding carboxylic acids is 1. The lowest BCUT2D eigenvalue weighted by Gasteiger charge is -2.30. The molecule has 5 nitrogen and oxygen atoms in total. The van der Waals surface area contributed by atoms with Gasteiger partial charge in [-0.05, 0) is 38.1 Å². The third-order valence-electron chi connectivity index (χ3n) is 4.01. The lowest BCUT2D eigenvalue weighted by Crippen LogP contribution is -2.48. The van der Waals surface area contributed by atoms with E-state index in [1.165, 1.54) is 12.8 Å². The van der Waals surface area contributed by atoms with Gasteiger partial charge in [0, 0.05) is 19.2 Å². The van der Waals surface area contributed by atoms with Crippen LogP contribution in [0, 0.1) is 5.92 Å². The minimum absolute atomic E-state index is 0.0300. The number of amides is 1. The molecule has 2 rings (SSSR count). The fourth-order valence-corrected chi connectivity index (χ4v) is 2.72. The van der Waals surface area contributed by atoms with Crippen molar-refractivity contribution in [1.29, 1.82) is 0 Å². The number of piperidine rings is 1. The second kappa shape index (κ2) is 7.82. The van der Waals surface area contributed by atoms with E-state index in [4.69, 9.17) is 9.47 Å². The molecule has 0 aliphatic carbocycles. The van der Waals surface area contributed by atoms with Crippen LogP contribution in [0.5, 0.6) is 0 Å². The van der Waals surface area contributed by atoms with Gasteiger partial charge in [0.05, 0.1) is 12.7 Å². The van der Waals surface area contributed by atoms with Crippen LogP contribution in [0.2, 0.25) is 0 Å². The van der Waals surface area contributed by atoms with Crippen LogP contribution in [0.4, 0.5) is 0 Å². The zero-order chi connectivity index (χ0) is 13.5. The van der Waals surface area contributed by atoms with Crippen LogP contribution in [0.1, 0.15) is 32.6 Å². The maximum atomic E-state index is 11.7. The summed E-state index contributed by atoms with van der Waals surface area (Å²) in [5, 5.41) is 6.39. The predicted molar refractivity (Wildman–Crippen MR) is 73.0 cm³/mol. The summed E-state index contributed by atoms with van der Waals surface area (Å²) in [6.45, 7) is 5.48. The van der Waals surface area contributed by atoms with E-state index in [-0.39, 0.29) is 18.6 Å². The van der Waals surface area contributed by atoms with E-state index in [1.807, 2.05) is 0 Å². The highest BCUT2D eigenvalue weighted by Gasteiger charge is 2.21. The fourth-order valence-electron chi connectivity index (χ4n) is 2.72. The van der Waals surface area contributed by atoms with Crippen molar-refractivity contribution in [2.24, 2.45) is 5.92 Å². The Morgan fingerprint density at radius 3 is 3.05 bits per heavy atom. The van der Waals surface area contributed by atoms with Crippen molar-refractivity contribution in [3.8, 4) is 0 Å². The number of carbonyl (C=O) groups is 1. The SMILES string of the molecule is C[C@@H]1CCCN[C@H]1CNC(=O)COC[C@@H]1CCCO1. The Hall–Kier alpha value is -0.650. The molecule has 0 spiro atoms. The number of nitrogens with one attached hydrogen (secondary N) is 2. The lowest BCUT2D eigenvalue weighted by molar-refractivity contribution is -0.127. The van der Waals surface area contributed by atoms with Crippen LogP contribution in [0.25, 0.3) is 0 Å². The van der Waals surface area contributed by atoms with Crippen molar-refractivity contribution in [2.45, 2.75) is 44.8 Å². The average molecular weight is 270 g/mol. The van der Waals surface area contributed by atoms with Gasteiger partial charge >= 0.3 is 0 Å². The summed E-state index contributed by atoms with van der Waals surface area (Å²) >= 11 is 0. The second-order valence-corrected chi connectivity index (χ2v) is 5.63. The van der Waals surface area contributed by atoms with Gasteiger partial charge in [0.15, 0.2) is 0 Å². The number of rotatable bonds is 6. The molecule has 2 fully saturated rings. The Kier molecular flexibility index (Phi) is 6.07. The van der Waals surface area contributed by atoms with Crippen molar-refractivity contribution in [3.05, 3.63) is 0 Å². The van der Waals surface area contributed by atoms with Crippen LogP contribution >= 0.6 is 0 Å². The van der Waals surface area contributed by atoms with Gasteiger partial charge in [-0.15, -0.1) is 0 Å². The summed E-state index contributed by atoms with van der Waals surface area (Å²) < 4.78 is 10.8. The van der Waals surface area contributed by atoms with Crippen molar-refractivity contribution in [2.75, 3.05) is 32.9 Å². The summed E-state index contributed by atoms with van der Waals surface area (Å²) in [5.74, 6) is 0.597. The van der Waals surface area contributed by atoms with E-state index in [0.29, 0.717) is 25.1 Å². The average Bonchev–Trinajstić information content (AvgIpc) is 2.91. The van der Waals surface area contributed by atoms with Gasteiger partial charge in [0.2, 0.25) is 5.91 Å². The van der Waals surface area contributed by atoms with Crippen LogP contribution in [0.3, 0.4) is 0 Å². The first-order valence-corrected chi connectivity index (χ1v) is 7.45. The largest absolute Gasteiger partial charge is 0.376 e. The molecule has 2 aliphatic rings. The Labute approximate surface area is 115 Å². The van der Waals surface area contributed by atoms with Gasteiger partial charge < -0.3 is 20.1 Å². The van der Waals surface area contributed by atoms with Crippen molar-refractivity contribution >= 4 is 5.91 Å². The number of hydrogen-bond acceptors (Lipinski definition) is 4. The Bertz CT molecular complexity index is 280. The molecule has 0 unspecified atom stereocenters. The molecule has 0 aromatic carbocycles. The molecule has 2 aliphatic heterocycles. The molecule has 19 heavy (non-hydrogen) atoms. The molecule has 3 atom stereocenters. The highest BCUT2D eigenvalue weighted by Crippen LogP contribution is 2.14. The third kappa shape index (κ3) is 5.09. The maximum Gasteiger partial charge on any atom is 0.246 e. The molecule has 1 amide bonds. The van der Waals surface area contributed by atoms with Gasteiger partial charge in [-0.1, -0.05) is 6.92 Å². The first kappa shape index (κ1) is 14.8. The molecule has 0 saturated carbocycles. The second-order valence-electron chi connectivity index (χ2n) is 5.63. The summed E-state index contributed by atoms with van der Waals surface area (Å²) in [7, 11) is 0. The van der Waals surface area contributed by atoms with Crippen molar-refractivity contribution in [1.82, 2.24) is 10.6 Å². The Balaban J connectivity index is 1.53. The molecule has 2 saturated heterocycles. The molecule has 0 bridgehead atoms. The normalized spacial score (nSPS) is 31.3. The van der Waals surface area contributed by atoms with Crippen LogP contribution in [-0.2, 0) is 14.3 Å². The fraction of sp³-hybridized carbons (Fsp3) is 0.929. The standard InChI is InChI=1S/C14H26N2O3/c1-11-4-2-6-15-13(11)8-16-14(17)10-18-9-12-5-3-7-19-12/h11-13,15H,2-10H2,1H3,(H,16,17)/t11-,12+,13+/m1/s1. The zero-order valence-corrected chi connectivity index (χ0v) is 11.8. The molecule has 0 aromatic rings. The molecule has 2 N–H and O–H groups in total. The van der Waals surface area contributed by atoms with E-state index in [9.17, 15) is 4.79 Å². The van der Waals surface area contributed by atoms with Gasteiger partial charge in [-0.25, -0.2) is 0 Å². The first-order chi connectivity index (χ1) is 9.25. The Morgan fingerprint density at radius 1 is 1.42 bits per heavy atom. The highest BCUT2D eigenvalue weighted by atomic mass is 16.5. The highest BCUT2D eigenvalue weighted by molar-refractivity contribution is 5.77. The summed E-state index contributed by atoms with van der Waals surface area (Å²) in [5.41, 5.74) is 0. The number of ether oxygens (including phenoxy) is 2. The van der Waals surface area contributed by atoms with Gasteiger partial charge in [-0.2, -0.15) is 0 Å². The van der Waals surface area contributed by atoms with Gasteiger partial charge in [0.25, 0.3) is 0 Å². The van der Waals surface area contributed by atoms with Crippen LogP contribution in [-0.4, -0.2) is 51.0 Å². The van der Waals surface area contributed by atoms with E-state index < -0.39 is 0 Å². The van der Waals surface area contributed by atoms with Gasteiger partial charge in [-0.3, -0.25) is 4.79 Å². The molecule has 0 aromatic heterocycles. The van der Waals surface area contributed by atoms with Crippen molar-refractivity contribution in [3.63, 3.8) is 0 Å². The molecule has 5 heteroatoms. The molecule has 110 valence electrons. The van der Waals surface area contributed by atoms with E-state index in [2.05, 4.69) is 17.6 Å². The molecular weight excluding hydrogens is 244 g/mol. The lowest BCUT2D eigenvalue weighted by atomic mass is 9.93. The van der Waals surface area contributed by atoms with E-state index >= 15 is 0 Å². The molecule has 0 radical (unpaired) electrons. The maximum absolute atomic E-state index is 11.7. The molecule has 2 heterocycles. The summed E-state index contributed by atoms with van der Waals surface area (Å²) in [6, 6.07) is 0.399. The minimum atomic E-state index is -0.0300. The minimum Gasteiger partial charge on any atom is -0.376 e. The van der Waals surface area contributed by atoms with Crippen molar-refractivity contribution < 1.29 is 14.3 Å². The summed E-state index contributed by atoms with van der Waals surface area (Å²) in [6.07, 6.45) is 4.81. The smallest absolute Gasteiger partial charge is 0.246 e. The first-order valence-electron chi connectivity index (χ1n) is 7.45.